The minimum absolute atomic E-state index is 0.144. The van der Waals surface area contributed by atoms with Crippen LogP contribution in [0.15, 0.2) is 71.8 Å². The van der Waals surface area contributed by atoms with Crippen LogP contribution in [0.25, 0.3) is 0 Å². The number of ether oxygens (including phenoxy) is 3. The van der Waals surface area contributed by atoms with Gasteiger partial charge in [-0.15, -0.1) is 0 Å². The van der Waals surface area contributed by atoms with Crippen molar-refractivity contribution in [3.8, 4) is 0 Å². The number of nitrogens with one attached hydrogen (secondary N) is 2. The molecular weight excluding hydrogens is 472 g/mol. The Labute approximate surface area is 207 Å². The smallest absolute Gasteiger partial charge is 0.329 e. The Bertz CT molecular complexity index is 1180. The topological polar surface area (TPSA) is 103 Å². The van der Waals surface area contributed by atoms with Gasteiger partial charge in [-0.05, 0) is 43.7 Å². The number of hydrogen-bond acceptors (Lipinski definition) is 7. The van der Waals surface area contributed by atoms with Gasteiger partial charge in [-0.2, -0.15) is 0 Å². The molecule has 0 bridgehead atoms. The van der Waals surface area contributed by atoms with Crippen molar-refractivity contribution in [3.05, 3.63) is 88.0 Å². The van der Waals surface area contributed by atoms with Crippen LogP contribution in [0.3, 0.4) is 0 Å². The average molecular weight is 497 g/mol. The Kier molecular flexibility index (Phi) is 7.41. The third kappa shape index (κ3) is 5.33. The van der Waals surface area contributed by atoms with E-state index < -0.39 is 29.6 Å². The minimum Gasteiger partial charge on any atom is -0.464 e. The minimum atomic E-state index is -0.855. The second-order valence-corrected chi connectivity index (χ2v) is 8.47. The van der Waals surface area contributed by atoms with Gasteiger partial charge in [0, 0.05) is 28.4 Å². The summed E-state index contributed by atoms with van der Waals surface area (Å²) in [6.07, 6.45) is 1.44. The van der Waals surface area contributed by atoms with Crippen molar-refractivity contribution in [2.45, 2.75) is 25.8 Å². The molecule has 1 amide bonds. The van der Waals surface area contributed by atoms with Crippen LogP contribution in [0.1, 0.15) is 24.0 Å². The molecule has 35 heavy (non-hydrogen) atoms. The molecule has 2 heterocycles. The number of benzene rings is 2. The third-order valence-electron chi connectivity index (χ3n) is 5.64. The van der Waals surface area contributed by atoms with Crippen molar-refractivity contribution in [1.82, 2.24) is 5.32 Å². The lowest BCUT2D eigenvalue weighted by molar-refractivity contribution is -0.145. The second-order valence-electron chi connectivity index (χ2n) is 8.03. The maximum Gasteiger partial charge on any atom is 0.329 e. The summed E-state index contributed by atoms with van der Waals surface area (Å²) in [5.74, 6) is -2.67. The molecule has 2 N–H and O–H groups in total. The third-order valence-corrected chi connectivity index (χ3v) is 5.89. The molecule has 2 aromatic rings. The van der Waals surface area contributed by atoms with Crippen molar-refractivity contribution < 1.29 is 28.6 Å². The Morgan fingerprint density at radius 1 is 1.06 bits per heavy atom. The van der Waals surface area contributed by atoms with E-state index in [0.717, 1.165) is 5.56 Å². The molecule has 2 aliphatic rings. The Hall–Kier alpha value is -3.78. The number of esters is 1. The zero-order valence-corrected chi connectivity index (χ0v) is 20.1. The van der Waals surface area contributed by atoms with Gasteiger partial charge < -0.3 is 24.8 Å². The highest BCUT2D eigenvalue weighted by atomic mass is 35.5. The molecule has 0 saturated carbocycles. The van der Waals surface area contributed by atoms with Crippen LogP contribution >= 0.6 is 11.6 Å². The summed E-state index contributed by atoms with van der Waals surface area (Å²) in [6, 6.07) is 13.1. The summed E-state index contributed by atoms with van der Waals surface area (Å²) >= 11 is 6.05. The van der Waals surface area contributed by atoms with Crippen LogP contribution < -0.4 is 10.6 Å². The van der Waals surface area contributed by atoms with Crippen molar-refractivity contribution in [2.75, 3.05) is 25.1 Å². The van der Waals surface area contributed by atoms with Gasteiger partial charge in [-0.25, -0.2) is 4.79 Å². The van der Waals surface area contributed by atoms with Gasteiger partial charge in [0.25, 0.3) is 11.9 Å². The van der Waals surface area contributed by atoms with Crippen LogP contribution in [-0.2, 0) is 28.6 Å². The van der Waals surface area contributed by atoms with Crippen molar-refractivity contribution in [2.24, 2.45) is 0 Å². The quantitative estimate of drug-likeness (QED) is 0.261. The fourth-order valence-electron chi connectivity index (χ4n) is 3.95. The molecule has 8 nitrogen and oxygen atoms in total. The molecule has 2 atom stereocenters. The highest BCUT2D eigenvalue weighted by Gasteiger charge is 2.43. The maximum absolute atomic E-state index is 13.8. The Morgan fingerprint density at radius 2 is 1.71 bits per heavy atom. The molecule has 0 aromatic heterocycles. The number of rotatable bonds is 7. The van der Waals surface area contributed by atoms with Gasteiger partial charge in [0.1, 0.15) is 19.3 Å². The Morgan fingerprint density at radius 3 is 2.34 bits per heavy atom. The SMILES string of the molecule is CCOC(=O)[C@@H]1NC=C(C(=O)C(C(=O)Nc2ccc(C)cc2)=C2OCCO2)[C@H]1c1ccc(Cl)cc1. The zero-order valence-electron chi connectivity index (χ0n) is 19.3. The molecule has 182 valence electrons. The lowest BCUT2D eigenvalue weighted by atomic mass is 9.84. The average Bonchev–Trinajstić information content (AvgIpc) is 3.52. The summed E-state index contributed by atoms with van der Waals surface area (Å²) < 4.78 is 16.1. The number of amides is 1. The van der Waals surface area contributed by atoms with Crippen molar-refractivity contribution in [1.29, 1.82) is 0 Å². The Balaban J connectivity index is 1.69. The van der Waals surface area contributed by atoms with Gasteiger partial charge in [0.05, 0.1) is 6.61 Å². The summed E-state index contributed by atoms with van der Waals surface area (Å²) in [7, 11) is 0. The molecule has 2 aliphatic heterocycles. The largest absolute Gasteiger partial charge is 0.464 e. The van der Waals surface area contributed by atoms with Crippen molar-refractivity contribution >= 4 is 34.9 Å². The van der Waals surface area contributed by atoms with Gasteiger partial charge in [0.2, 0.25) is 5.78 Å². The summed E-state index contributed by atoms with van der Waals surface area (Å²) in [4.78, 5) is 39.8. The second kappa shape index (κ2) is 10.7. The van der Waals surface area contributed by atoms with Gasteiger partial charge >= 0.3 is 5.97 Å². The maximum atomic E-state index is 13.8. The predicted molar refractivity (Wildman–Crippen MR) is 130 cm³/mol. The van der Waals surface area contributed by atoms with Crippen LogP contribution in [0.5, 0.6) is 0 Å². The number of hydrogen-bond donors (Lipinski definition) is 2. The number of aryl methyl sites for hydroxylation is 1. The summed E-state index contributed by atoms with van der Waals surface area (Å²) in [6.45, 7) is 4.25. The molecule has 0 radical (unpaired) electrons. The van der Waals surface area contributed by atoms with E-state index in [2.05, 4.69) is 10.6 Å². The highest BCUT2D eigenvalue weighted by Crippen LogP contribution is 2.36. The van der Waals surface area contributed by atoms with Crippen LogP contribution in [0.4, 0.5) is 5.69 Å². The van der Waals surface area contributed by atoms with E-state index >= 15 is 0 Å². The molecule has 1 fully saturated rings. The fraction of sp³-hybridized carbons (Fsp3) is 0.269. The summed E-state index contributed by atoms with van der Waals surface area (Å²) in [5.41, 5.74) is 2.12. The number of halogens is 1. The number of carbonyl (C=O) groups is 3. The first kappa shape index (κ1) is 24.3. The predicted octanol–water partition coefficient (Wildman–Crippen LogP) is 3.62. The van der Waals surface area contributed by atoms with E-state index in [-0.39, 0.29) is 36.9 Å². The van der Waals surface area contributed by atoms with Crippen LogP contribution in [0, 0.1) is 6.92 Å². The van der Waals surface area contributed by atoms with E-state index in [4.69, 9.17) is 25.8 Å². The normalized spacial score (nSPS) is 18.6. The molecular formula is C26H25ClN2O6. The first-order chi connectivity index (χ1) is 16.9. The fourth-order valence-corrected chi connectivity index (χ4v) is 4.07. The lowest BCUT2D eigenvalue weighted by Crippen LogP contribution is -2.37. The first-order valence-electron chi connectivity index (χ1n) is 11.2. The van der Waals surface area contributed by atoms with Crippen LogP contribution in [0.2, 0.25) is 5.02 Å². The van der Waals surface area contributed by atoms with Gasteiger partial charge in [0.15, 0.2) is 5.57 Å². The summed E-state index contributed by atoms with van der Waals surface area (Å²) in [5, 5.41) is 6.19. The van der Waals surface area contributed by atoms with E-state index in [1.807, 2.05) is 19.1 Å². The van der Waals surface area contributed by atoms with Crippen molar-refractivity contribution in [3.63, 3.8) is 0 Å². The molecule has 0 unspecified atom stereocenters. The van der Waals surface area contributed by atoms with E-state index in [0.29, 0.717) is 16.3 Å². The first-order valence-corrected chi connectivity index (χ1v) is 11.6. The van der Waals surface area contributed by atoms with E-state index in [1.165, 1.54) is 6.20 Å². The molecule has 0 aliphatic carbocycles. The number of anilines is 1. The number of carbonyl (C=O) groups excluding carboxylic acids is 3. The van der Waals surface area contributed by atoms with Gasteiger partial charge in [-0.1, -0.05) is 41.4 Å². The highest BCUT2D eigenvalue weighted by molar-refractivity contribution is 6.30. The lowest BCUT2D eigenvalue weighted by Gasteiger charge is -2.22. The molecule has 1 saturated heterocycles. The van der Waals surface area contributed by atoms with Gasteiger partial charge in [-0.3, -0.25) is 9.59 Å². The molecule has 4 rings (SSSR count). The number of Topliss-reactive ketones (excluding diaryl/α,β-unsaturated/α-hetero) is 1. The van der Waals surface area contributed by atoms with E-state index in [1.54, 1.807) is 43.3 Å². The van der Waals surface area contributed by atoms with Crippen LogP contribution in [-0.4, -0.2) is 43.5 Å². The number of ketones is 1. The monoisotopic (exact) mass is 496 g/mol. The molecule has 0 spiro atoms. The molecule has 9 heteroatoms. The molecule has 2 aromatic carbocycles. The zero-order chi connectivity index (χ0) is 24.9. The standard InChI is InChI=1S/C26H25ClN2O6/c1-3-33-25(32)22-20(16-6-8-17(27)9-7-16)19(14-28-22)23(30)21(26-34-12-13-35-26)24(31)29-18-10-4-15(2)5-11-18/h4-11,14,20,22,28H,3,12-13H2,1-2H3,(H,29,31)/t20-,22-/m1/s1. The van der Waals surface area contributed by atoms with E-state index in [9.17, 15) is 14.4 Å².